The van der Waals surface area contributed by atoms with Gasteiger partial charge in [0, 0.05) is 11.5 Å². The second kappa shape index (κ2) is 8.86. The molecule has 2 aromatic rings. The van der Waals surface area contributed by atoms with Crippen LogP contribution in [-0.4, -0.2) is 13.2 Å². The molecule has 0 radical (unpaired) electrons. The summed E-state index contributed by atoms with van der Waals surface area (Å²) in [6.45, 7) is 0.323. The Hall–Kier alpha value is -2.46. The monoisotopic (exact) mass is 333 g/mol. The minimum Gasteiger partial charge on any atom is -0.395 e. The van der Waals surface area contributed by atoms with Gasteiger partial charge in [-0.1, -0.05) is 41.5 Å². The number of rotatable bonds is 9. The molecular weight excluding hydrogens is 317 g/mol. The molecule has 0 aromatic heterocycles. The highest BCUT2D eigenvalue weighted by Crippen LogP contribution is 2.49. The Morgan fingerprint density at radius 3 is 1.96 bits per heavy atom. The molecule has 23 heavy (non-hydrogen) atoms. The summed E-state index contributed by atoms with van der Waals surface area (Å²) < 4.78 is 29.0. The average molecular weight is 333 g/mol. The predicted octanol–water partition coefficient (Wildman–Crippen LogP) is 4.97. The third-order valence-corrected chi connectivity index (χ3v) is 4.00. The van der Waals surface area contributed by atoms with Crippen molar-refractivity contribution < 1.29 is 18.1 Å². The highest BCUT2D eigenvalue weighted by Gasteiger charge is 2.30. The van der Waals surface area contributed by atoms with Gasteiger partial charge in [0.05, 0.1) is 6.61 Å². The van der Waals surface area contributed by atoms with Crippen molar-refractivity contribution in [1.29, 1.82) is 0 Å². The Kier molecular flexibility index (Phi) is 6.51. The molecule has 0 heterocycles. The lowest BCUT2D eigenvalue weighted by Gasteiger charge is -2.18. The molecule has 0 aliphatic heterocycles. The third kappa shape index (κ3) is 6.04. The molecule has 0 saturated carbocycles. The van der Waals surface area contributed by atoms with E-state index in [0.29, 0.717) is 17.9 Å². The summed E-state index contributed by atoms with van der Waals surface area (Å²) in [5.41, 5.74) is 8.23. The van der Waals surface area contributed by atoms with Gasteiger partial charge in [0.2, 0.25) is 0 Å². The number of benzene rings is 2. The summed E-state index contributed by atoms with van der Waals surface area (Å²) in [5, 5.41) is 3.39. The van der Waals surface area contributed by atoms with E-state index < -0.39 is 7.82 Å². The topological polar surface area (TPSA) is 93.5 Å². The van der Waals surface area contributed by atoms with Crippen LogP contribution in [0.5, 0.6) is 11.5 Å². The summed E-state index contributed by atoms with van der Waals surface area (Å²) in [4.78, 5) is 2.64. The number of phosphoric ester groups is 1. The van der Waals surface area contributed by atoms with E-state index in [9.17, 15) is 4.57 Å². The van der Waals surface area contributed by atoms with Gasteiger partial charge >= 0.3 is 7.82 Å². The number of nitrogens with zero attached hydrogens (tertiary/aromatic N) is 3. The number of para-hydroxylation sites is 2. The molecule has 0 saturated heterocycles. The van der Waals surface area contributed by atoms with Crippen molar-refractivity contribution in [3.05, 3.63) is 71.1 Å². The minimum absolute atomic E-state index is 0.0793. The van der Waals surface area contributed by atoms with Crippen LogP contribution < -0.4 is 9.05 Å². The molecule has 0 bridgehead atoms. The van der Waals surface area contributed by atoms with Gasteiger partial charge in [0.15, 0.2) is 0 Å². The first-order chi connectivity index (χ1) is 11.2. The van der Waals surface area contributed by atoms with E-state index in [4.69, 9.17) is 19.1 Å². The van der Waals surface area contributed by atoms with E-state index in [1.165, 1.54) is 0 Å². The van der Waals surface area contributed by atoms with Crippen LogP contribution in [0, 0.1) is 0 Å². The Bertz CT molecular complexity index is 645. The number of hydrogen-bond donors (Lipinski definition) is 0. The molecule has 0 unspecified atom stereocenters. The van der Waals surface area contributed by atoms with Crippen molar-refractivity contribution in [2.45, 2.75) is 6.42 Å². The molecule has 0 atom stereocenters. The molecule has 8 heteroatoms. The first-order valence-corrected chi connectivity index (χ1v) is 8.43. The van der Waals surface area contributed by atoms with Gasteiger partial charge in [-0.15, -0.1) is 0 Å². The molecule has 0 amide bonds. The maximum atomic E-state index is 12.8. The fraction of sp³-hybridized carbons (Fsp3) is 0.200. The van der Waals surface area contributed by atoms with Crippen molar-refractivity contribution in [2.75, 3.05) is 13.2 Å². The second-order valence-electron chi connectivity index (χ2n) is 4.40. The Balaban J connectivity index is 2.06. The lowest BCUT2D eigenvalue weighted by molar-refractivity contribution is 0.208. The van der Waals surface area contributed by atoms with Gasteiger partial charge in [0.25, 0.3) is 0 Å². The molecular formula is C15H16N3O4P. The van der Waals surface area contributed by atoms with E-state index >= 15 is 0 Å². The quantitative estimate of drug-likeness (QED) is 0.213. The highest BCUT2D eigenvalue weighted by atomic mass is 31.2. The zero-order valence-corrected chi connectivity index (χ0v) is 13.2. The van der Waals surface area contributed by atoms with E-state index in [-0.39, 0.29) is 13.2 Å². The second-order valence-corrected chi connectivity index (χ2v) is 5.91. The first kappa shape index (κ1) is 16.9. The molecule has 0 N–H and O–H groups in total. The van der Waals surface area contributed by atoms with Gasteiger partial charge in [0.1, 0.15) is 11.5 Å². The average Bonchev–Trinajstić information content (AvgIpc) is 2.56. The van der Waals surface area contributed by atoms with E-state index in [0.717, 1.165) is 0 Å². The van der Waals surface area contributed by atoms with Gasteiger partial charge in [-0.3, -0.25) is 4.52 Å². The van der Waals surface area contributed by atoms with Gasteiger partial charge in [-0.05, 0) is 36.2 Å². The van der Waals surface area contributed by atoms with Crippen LogP contribution in [0.25, 0.3) is 10.4 Å². The van der Waals surface area contributed by atoms with Crippen molar-refractivity contribution >= 4 is 7.82 Å². The Morgan fingerprint density at radius 1 is 0.957 bits per heavy atom. The lowest BCUT2D eigenvalue weighted by atomic mass is 10.3. The molecule has 0 aliphatic rings. The zero-order chi connectivity index (χ0) is 16.4. The van der Waals surface area contributed by atoms with E-state index in [2.05, 4.69) is 10.0 Å². The van der Waals surface area contributed by atoms with Crippen molar-refractivity contribution in [3.8, 4) is 11.5 Å². The van der Waals surface area contributed by atoms with Gasteiger partial charge in [-0.25, -0.2) is 4.57 Å². The fourth-order valence-corrected chi connectivity index (χ4v) is 2.90. The van der Waals surface area contributed by atoms with Gasteiger partial charge in [-0.2, -0.15) is 0 Å². The maximum Gasteiger partial charge on any atom is 0.587 e. The Labute approximate surface area is 134 Å². The largest absolute Gasteiger partial charge is 0.587 e. The minimum atomic E-state index is -3.85. The normalized spacial score (nSPS) is 10.6. The summed E-state index contributed by atoms with van der Waals surface area (Å²) in [6.07, 6.45) is 0.407. The standard InChI is InChI=1S/C15H16N3O4P/c16-18-17-12-7-13-20-23(19,21-14-8-3-1-4-9-14)22-15-10-5-2-6-11-15/h1-6,8-11H,7,12-13H2. The summed E-state index contributed by atoms with van der Waals surface area (Å²) >= 11 is 0. The van der Waals surface area contributed by atoms with E-state index in [1.54, 1.807) is 48.5 Å². The molecule has 120 valence electrons. The summed E-state index contributed by atoms with van der Waals surface area (Å²) in [5.74, 6) is 0.753. The van der Waals surface area contributed by atoms with Crippen LogP contribution in [0.2, 0.25) is 0 Å². The van der Waals surface area contributed by atoms with Crippen molar-refractivity contribution in [1.82, 2.24) is 0 Å². The smallest absolute Gasteiger partial charge is 0.395 e. The zero-order valence-electron chi connectivity index (χ0n) is 12.3. The van der Waals surface area contributed by atoms with Crippen LogP contribution in [0.1, 0.15) is 6.42 Å². The van der Waals surface area contributed by atoms with Crippen LogP contribution in [0.4, 0.5) is 0 Å². The third-order valence-electron chi connectivity index (χ3n) is 2.64. The van der Waals surface area contributed by atoms with Crippen molar-refractivity contribution in [2.24, 2.45) is 5.11 Å². The molecule has 0 fully saturated rings. The molecule has 2 rings (SSSR count). The van der Waals surface area contributed by atoms with Crippen LogP contribution in [-0.2, 0) is 9.09 Å². The SMILES string of the molecule is [N-]=[N+]=NCCCOP(=O)(Oc1ccccc1)Oc1ccccc1. The summed E-state index contributed by atoms with van der Waals surface area (Å²) in [6, 6.07) is 17.3. The fourth-order valence-electron chi connectivity index (χ4n) is 1.65. The first-order valence-electron chi connectivity index (χ1n) is 6.96. The highest BCUT2D eigenvalue weighted by molar-refractivity contribution is 7.49. The number of hydrogen-bond acceptors (Lipinski definition) is 5. The maximum absolute atomic E-state index is 12.8. The van der Waals surface area contributed by atoms with Crippen LogP contribution in [0.3, 0.4) is 0 Å². The van der Waals surface area contributed by atoms with Crippen LogP contribution in [0.15, 0.2) is 65.8 Å². The van der Waals surface area contributed by atoms with Crippen molar-refractivity contribution in [3.63, 3.8) is 0 Å². The molecule has 2 aromatic carbocycles. The Morgan fingerprint density at radius 2 is 1.48 bits per heavy atom. The number of azide groups is 1. The predicted molar refractivity (Wildman–Crippen MR) is 86.3 cm³/mol. The number of phosphoric acid groups is 1. The van der Waals surface area contributed by atoms with Crippen LogP contribution >= 0.6 is 7.82 Å². The molecule has 0 aliphatic carbocycles. The molecule has 0 spiro atoms. The van der Waals surface area contributed by atoms with E-state index in [1.807, 2.05) is 12.1 Å². The summed E-state index contributed by atoms with van der Waals surface area (Å²) in [7, 11) is -3.85. The lowest BCUT2D eigenvalue weighted by Crippen LogP contribution is -2.06. The van der Waals surface area contributed by atoms with Gasteiger partial charge < -0.3 is 9.05 Å². The molecule has 7 nitrogen and oxygen atoms in total.